The number of anilines is 1. The number of nitrogens with one attached hydrogen (secondary N) is 1. The zero-order chi connectivity index (χ0) is 15.6. The van der Waals surface area contributed by atoms with Gasteiger partial charge in [0.25, 0.3) is 5.91 Å². The van der Waals surface area contributed by atoms with Crippen LogP contribution in [0.4, 0.5) is 5.69 Å². The molecule has 2 aromatic rings. The fourth-order valence-electron chi connectivity index (χ4n) is 1.64. The first-order chi connectivity index (χ1) is 9.88. The fourth-order valence-corrected chi connectivity index (χ4v) is 3.16. The molecule has 0 aliphatic carbocycles. The molecular weight excluding hydrogens is 439 g/mol. The maximum atomic E-state index is 12.3. The number of carbonyl (C=O) groups excluding carboxylic acids is 1. The van der Waals surface area contributed by atoms with Crippen LogP contribution in [0.25, 0.3) is 0 Å². The highest BCUT2D eigenvalue weighted by atomic mass is 79.9. The number of halogens is 3. The average Bonchev–Trinajstić information content (AvgIpc) is 2.40. The van der Waals surface area contributed by atoms with E-state index in [0.717, 1.165) is 4.47 Å². The predicted molar refractivity (Wildman–Crippen MR) is 97.1 cm³/mol. The van der Waals surface area contributed by atoms with Crippen molar-refractivity contribution in [2.24, 2.45) is 5.73 Å². The number of hydrogen-bond acceptors (Lipinski definition) is 2. The number of thiocarbonyl (C=S) groups is 1. The topological polar surface area (TPSA) is 55.1 Å². The van der Waals surface area contributed by atoms with Gasteiger partial charge in [-0.2, -0.15) is 0 Å². The van der Waals surface area contributed by atoms with Crippen LogP contribution in [0, 0.1) is 0 Å². The lowest BCUT2D eigenvalue weighted by atomic mass is 10.1. The van der Waals surface area contributed by atoms with Gasteiger partial charge in [-0.15, -0.1) is 0 Å². The Kier molecular flexibility index (Phi) is 5.37. The molecule has 3 nitrogen and oxygen atoms in total. The summed E-state index contributed by atoms with van der Waals surface area (Å²) in [6, 6.07) is 10.3. The third-order valence-electron chi connectivity index (χ3n) is 2.67. The summed E-state index contributed by atoms with van der Waals surface area (Å²) in [5.74, 6) is -0.281. The Morgan fingerprint density at radius 3 is 2.52 bits per heavy atom. The lowest BCUT2D eigenvalue weighted by molar-refractivity contribution is 0.102. The van der Waals surface area contributed by atoms with E-state index in [1.54, 1.807) is 36.4 Å². The van der Waals surface area contributed by atoms with Crippen LogP contribution in [0.2, 0.25) is 5.02 Å². The maximum Gasteiger partial charge on any atom is 0.256 e. The Labute approximate surface area is 149 Å². The van der Waals surface area contributed by atoms with Crippen LogP contribution in [-0.2, 0) is 0 Å². The molecule has 1 amide bonds. The number of benzene rings is 2. The first kappa shape index (κ1) is 16.4. The van der Waals surface area contributed by atoms with Gasteiger partial charge in [0.1, 0.15) is 4.99 Å². The summed E-state index contributed by atoms with van der Waals surface area (Å²) in [7, 11) is 0. The van der Waals surface area contributed by atoms with Crippen molar-refractivity contribution in [2.45, 2.75) is 0 Å². The molecule has 3 N–H and O–H groups in total. The highest BCUT2D eigenvalue weighted by Crippen LogP contribution is 2.26. The van der Waals surface area contributed by atoms with Gasteiger partial charge in [0, 0.05) is 14.5 Å². The summed E-state index contributed by atoms with van der Waals surface area (Å²) in [5.41, 5.74) is 7.17. The lowest BCUT2D eigenvalue weighted by Crippen LogP contribution is -2.14. The maximum absolute atomic E-state index is 12.3. The summed E-state index contributed by atoms with van der Waals surface area (Å²) in [6.45, 7) is 0. The summed E-state index contributed by atoms with van der Waals surface area (Å²) in [6.07, 6.45) is 0. The summed E-state index contributed by atoms with van der Waals surface area (Å²) < 4.78 is 1.55. The minimum absolute atomic E-state index is 0.243. The minimum Gasteiger partial charge on any atom is -0.389 e. The predicted octanol–water partition coefficient (Wildman–Crippen LogP) is 4.75. The summed E-state index contributed by atoms with van der Waals surface area (Å²) >= 11 is 17.7. The first-order valence-electron chi connectivity index (χ1n) is 5.74. The van der Waals surface area contributed by atoms with Crippen molar-refractivity contribution in [3.63, 3.8) is 0 Å². The van der Waals surface area contributed by atoms with E-state index in [0.29, 0.717) is 26.3 Å². The van der Waals surface area contributed by atoms with Crippen molar-refractivity contribution in [1.29, 1.82) is 0 Å². The van der Waals surface area contributed by atoms with Crippen LogP contribution >= 0.6 is 55.7 Å². The van der Waals surface area contributed by atoms with E-state index in [1.807, 2.05) is 0 Å². The molecule has 21 heavy (non-hydrogen) atoms. The Morgan fingerprint density at radius 1 is 1.19 bits per heavy atom. The van der Waals surface area contributed by atoms with Crippen LogP contribution in [0.3, 0.4) is 0 Å². The van der Waals surface area contributed by atoms with Gasteiger partial charge in [-0.3, -0.25) is 4.79 Å². The molecule has 0 heterocycles. The van der Waals surface area contributed by atoms with E-state index in [9.17, 15) is 4.79 Å². The largest absolute Gasteiger partial charge is 0.389 e. The number of carbonyl (C=O) groups is 1. The molecule has 0 fully saturated rings. The second-order valence-electron chi connectivity index (χ2n) is 4.14. The molecule has 2 rings (SSSR count). The third-order valence-corrected chi connectivity index (χ3v) is 4.39. The van der Waals surface area contributed by atoms with Gasteiger partial charge in [-0.25, -0.2) is 0 Å². The van der Waals surface area contributed by atoms with Crippen molar-refractivity contribution in [1.82, 2.24) is 0 Å². The van der Waals surface area contributed by atoms with Crippen LogP contribution in [0.15, 0.2) is 45.3 Å². The Morgan fingerprint density at radius 2 is 1.90 bits per heavy atom. The smallest absolute Gasteiger partial charge is 0.256 e. The van der Waals surface area contributed by atoms with E-state index in [-0.39, 0.29) is 10.9 Å². The monoisotopic (exact) mass is 446 g/mol. The Balaban J connectivity index is 2.31. The van der Waals surface area contributed by atoms with Gasteiger partial charge in [0.05, 0.1) is 16.3 Å². The molecule has 0 aliphatic heterocycles. The van der Waals surface area contributed by atoms with Gasteiger partial charge in [0.2, 0.25) is 0 Å². The molecule has 0 bridgehead atoms. The number of rotatable bonds is 3. The zero-order valence-corrected chi connectivity index (χ0v) is 15.2. The molecule has 0 aromatic heterocycles. The normalized spacial score (nSPS) is 10.2. The zero-order valence-electron chi connectivity index (χ0n) is 10.5. The van der Waals surface area contributed by atoms with Crippen LogP contribution in [0.5, 0.6) is 0 Å². The van der Waals surface area contributed by atoms with Crippen molar-refractivity contribution in [2.75, 3.05) is 5.32 Å². The van der Waals surface area contributed by atoms with Gasteiger partial charge in [-0.1, -0.05) is 45.8 Å². The number of hydrogen-bond donors (Lipinski definition) is 2. The van der Waals surface area contributed by atoms with Crippen molar-refractivity contribution >= 4 is 72.3 Å². The van der Waals surface area contributed by atoms with Crippen LogP contribution in [0.1, 0.15) is 15.9 Å². The van der Waals surface area contributed by atoms with E-state index < -0.39 is 0 Å². The highest BCUT2D eigenvalue weighted by molar-refractivity contribution is 9.11. The molecule has 0 unspecified atom stereocenters. The van der Waals surface area contributed by atoms with Crippen LogP contribution < -0.4 is 11.1 Å². The first-order valence-corrected chi connectivity index (χ1v) is 8.11. The van der Waals surface area contributed by atoms with Gasteiger partial charge < -0.3 is 11.1 Å². The average molecular weight is 449 g/mol. The molecule has 0 atom stereocenters. The minimum atomic E-state index is -0.281. The molecule has 0 radical (unpaired) electrons. The van der Waals surface area contributed by atoms with Gasteiger partial charge in [0.15, 0.2) is 0 Å². The van der Waals surface area contributed by atoms with Crippen molar-refractivity contribution in [3.05, 3.63) is 61.5 Å². The van der Waals surface area contributed by atoms with Crippen molar-refractivity contribution < 1.29 is 4.79 Å². The second-order valence-corrected chi connectivity index (χ2v) is 6.75. The van der Waals surface area contributed by atoms with Gasteiger partial charge in [-0.05, 0) is 46.3 Å². The van der Waals surface area contributed by atoms with E-state index in [4.69, 9.17) is 29.6 Å². The van der Waals surface area contributed by atoms with E-state index in [1.165, 1.54) is 0 Å². The Bertz CT molecular complexity index is 737. The summed E-state index contributed by atoms with van der Waals surface area (Å²) in [4.78, 5) is 12.5. The fraction of sp³-hybridized carbons (Fsp3) is 0. The van der Waals surface area contributed by atoms with E-state index >= 15 is 0 Å². The molecule has 108 valence electrons. The van der Waals surface area contributed by atoms with Crippen molar-refractivity contribution in [3.8, 4) is 0 Å². The molecule has 0 aliphatic rings. The standard InChI is InChI=1S/C14H9Br2ClN2OS/c15-8-2-3-9(10(16)6-8)14(20)19-12-5-7(13(18)21)1-4-11(12)17/h1-6H,(H2,18,21)(H,19,20). The highest BCUT2D eigenvalue weighted by Gasteiger charge is 2.13. The molecule has 0 saturated carbocycles. The third kappa shape index (κ3) is 4.03. The SMILES string of the molecule is NC(=S)c1ccc(Cl)c(NC(=O)c2ccc(Br)cc2Br)c1. The quantitative estimate of drug-likeness (QED) is 0.666. The lowest BCUT2D eigenvalue weighted by Gasteiger charge is -2.10. The number of amides is 1. The van der Waals surface area contributed by atoms with Crippen LogP contribution in [-0.4, -0.2) is 10.9 Å². The van der Waals surface area contributed by atoms with Gasteiger partial charge >= 0.3 is 0 Å². The molecular formula is C14H9Br2ClN2OS. The molecule has 0 spiro atoms. The molecule has 0 saturated heterocycles. The second kappa shape index (κ2) is 6.87. The van der Waals surface area contributed by atoms with E-state index in [2.05, 4.69) is 37.2 Å². The number of nitrogens with two attached hydrogens (primary N) is 1. The molecule has 2 aromatic carbocycles. The summed E-state index contributed by atoms with van der Waals surface area (Å²) in [5, 5.41) is 3.16. The Hall–Kier alpha value is -0.950. The molecule has 7 heteroatoms.